The van der Waals surface area contributed by atoms with Crippen molar-refractivity contribution in [1.29, 1.82) is 5.26 Å². The zero-order valence-electron chi connectivity index (χ0n) is 25.7. The third-order valence-corrected chi connectivity index (χ3v) is 8.83. The van der Waals surface area contributed by atoms with Crippen LogP contribution < -0.4 is 15.5 Å². The van der Waals surface area contributed by atoms with Crippen molar-refractivity contribution in [2.24, 2.45) is 0 Å². The molecule has 1 saturated heterocycles. The Morgan fingerprint density at radius 1 is 1.20 bits per heavy atom. The van der Waals surface area contributed by atoms with Gasteiger partial charge in [-0.05, 0) is 31.9 Å². The fourth-order valence-electron chi connectivity index (χ4n) is 5.92. The van der Waals surface area contributed by atoms with Gasteiger partial charge in [0.25, 0.3) is 0 Å². The highest BCUT2D eigenvalue weighted by Crippen LogP contribution is 2.46. The average molecular weight is 638 g/mol. The second kappa shape index (κ2) is 11.7. The second-order valence-corrected chi connectivity index (χ2v) is 13.4. The summed E-state index contributed by atoms with van der Waals surface area (Å²) in [4.78, 5) is 28.1. The molecule has 0 saturated carbocycles. The van der Waals surface area contributed by atoms with Crippen molar-refractivity contribution in [3.63, 3.8) is 0 Å². The molecule has 2 aliphatic heterocycles. The van der Waals surface area contributed by atoms with Gasteiger partial charge in [0.15, 0.2) is 11.6 Å². The number of fused-ring (bicyclic) bond motifs is 4. The predicted octanol–water partition coefficient (Wildman–Crippen LogP) is 5.64. The molecule has 2 aliphatic rings. The summed E-state index contributed by atoms with van der Waals surface area (Å²) in [6, 6.07) is 2.32. The number of methoxy groups -OCH3 is 1. The molecular weight excluding hydrogens is 604 g/mol. The number of carbonyl (C=O) groups excluding carboxylic acids is 1. The SMILES string of the molecule is CO[C@H]1CN(c2ncc3c4c(c(-c5ncc(F)c6sc(NC(=O)OC(C)(C)C)c(C#N)c56)c(F)c3n2)COC4)C[C@H]1NC(C)C. The number of nitriles is 1. The van der Waals surface area contributed by atoms with E-state index < -0.39 is 23.3 Å². The summed E-state index contributed by atoms with van der Waals surface area (Å²) in [5, 5.41) is 16.9. The Bertz CT molecular complexity index is 1870. The number of anilines is 2. The lowest BCUT2D eigenvalue weighted by molar-refractivity contribution is 0.0636. The van der Waals surface area contributed by atoms with Gasteiger partial charge in [-0.2, -0.15) is 5.26 Å². The Labute approximate surface area is 262 Å². The van der Waals surface area contributed by atoms with Crippen molar-refractivity contribution in [1.82, 2.24) is 20.3 Å². The molecule has 2 atom stereocenters. The number of hydrogen-bond acceptors (Lipinski definition) is 11. The molecule has 1 fully saturated rings. The number of hydrogen-bond donors (Lipinski definition) is 2. The summed E-state index contributed by atoms with van der Waals surface area (Å²) in [5.41, 5.74) is 0.557. The van der Waals surface area contributed by atoms with Crippen LogP contribution in [0.3, 0.4) is 0 Å². The number of thiophene rings is 1. The minimum atomic E-state index is -0.806. The van der Waals surface area contributed by atoms with E-state index in [0.29, 0.717) is 35.6 Å². The van der Waals surface area contributed by atoms with E-state index in [1.165, 1.54) is 0 Å². The molecule has 2 N–H and O–H groups in total. The number of nitrogens with one attached hydrogen (secondary N) is 2. The highest BCUT2D eigenvalue weighted by atomic mass is 32.1. The van der Waals surface area contributed by atoms with Crippen LogP contribution in [0, 0.1) is 23.0 Å². The van der Waals surface area contributed by atoms with E-state index >= 15 is 8.78 Å². The van der Waals surface area contributed by atoms with E-state index in [-0.39, 0.29) is 68.8 Å². The molecule has 1 amide bonds. The number of aromatic nitrogens is 3. The lowest BCUT2D eigenvalue weighted by atomic mass is 9.94. The number of benzene rings is 1. The first-order valence-electron chi connectivity index (χ1n) is 14.5. The van der Waals surface area contributed by atoms with E-state index in [9.17, 15) is 10.1 Å². The van der Waals surface area contributed by atoms with Crippen LogP contribution in [0.1, 0.15) is 51.3 Å². The Balaban J connectivity index is 1.50. The van der Waals surface area contributed by atoms with Crippen LogP contribution in [0.2, 0.25) is 0 Å². The van der Waals surface area contributed by atoms with Gasteiger partial charge >= 0.3 is 6.09 Å². The van der Waals surface area contributed by atoms with Crippen molar-refractivity contribution in [2.45, 2.75) is 71.6 Å². The normalized spacial score (nSPS) is 18.2. The van der Waals surface area contributed by atoms with E-state index in [1.807, 2.05) is 4.90 Å². The fourth-order valence-corrected chi connectivity index (χ4v) is 6.96. The number of pyridine rings is 1. The topological polar surface area (TPSA) is 135 Å². The number of amides is 1. The molecule has 1 aromatic carbocycles. The largest absolute Gasteiger partial charge is 0.444 e. The summed E-state index contributed by atoms with van der Waals surface area (Å²) < 4.78 is 48.8. The van der Waals surface area contributed by atoms with E-state index in [0.717, 1.165) is 17.5 Å². The van der Waals surface area contributed by atoms with Gasteiger partial charge in [-0.3, -0.25) is 10.3 Å². The minimum absolute atomic E-state index is 0.0336. The number of rotatable bonds is 6. The van der Waals surface area contributed by atoms with Gasteiger partial charge in [-0.25, -0.2) is 23.5 Å². The number of halogens is 2. The standard InChI is InChI=1S/C31H33F2N7O4S/c1-14(2)37-20-10-40(11-21(20)42-6)29-36-8-16-17-12-43-13-18(17)22(24(33)25(16)38-29)26-23-15(7-34)28(39-30(41)44-31(3,4)5)45-27(23)19(32)9-35-26/h8-9,14,20-21,37H,10-13H2,1-6H3,(H,39,41)/t20-,21+/m1/s1. The first kappa shape index (κ1) is 31.0. The zero-order valence-corrected chi connectivity index (χ0v) is 26.6. The smallest absolute Gasteiger partial charge is 0.412 e. The average Bonchev–Trinajstić information content (AvgIpc) is 3.70. The number of nitrogens with zero attached hydrogens (tertiary/aromatic N) is 5. The molecule has 0 bridgehead atoms. The van der Waals surface area contributed by atoms with Crippen LogP contribution in [0.4, 0.5) is 24.5 Å². The molecule has 14 heteroatoms. The molecular formula is C31H33F2N7O4S. The number of ether oxygens (including phenoxy) is 3. The van der Waals surface area contributed by atoms with Crippen LogP contribution in [0.15, 0.2) is 12.4 Å². The lowest BCUT2D eigenvalue weighted by Gasteiger charge is -2.20. The predicted molar refractivity (Wildman–Crippen MR) is 166 cm³/mol. The van der Waals surface area contributed by atoms with Gasteiger partial charge in [0.05, 0.1) is 47.5 Å². The highest BCUT2D eigenvalue weighted by molar-refractivity contribution is 7.23. The maximum Gasteiger partial charge on any atom is 0.412 e. The fraction of sp³-hybridized carbons (Fsp3) is 0.452. The highest BCUT2D eigenvalue weighted by Gasteiger charge is 2.36. The summed E-state index contributed by atoms with van der Waals surface area (Å²) in [6.45, 7) is 10.6. The second-order valence-electron chi connectivity index (χ2n) is 12.4. The maximum absolute atomic E-state index is 16.8. The Morgan fingerprint density at radius 3 is 2.64 bits per heavy atom. The van der Waals surface area contributed by atoms with Gasteiger partial charge in [-0.1, -0.05) is 13.8 Å². The quantitative estimate of drug-likeness (QED) is 0.274. The van der Waals surface area contributed by atoms with Gasteiger partial charge in [0.2, 0.25) is 5.95 Å². The summed E-state index contributed by atoms with van der Waals surface area (Å²) in [6.07, 6.45) is 1.68. The molecule has 6 rings (SSSR count). The van der Waals surface area contributed by atoms with Crippen molar-refractivity contribution in [3.8, 4) is 17.3 Å². The van der Waals surface area contributed by atoms with Gasteiger partial charge in [0.1, 0.15) is 22.2 Å². The van der Waals surface area contributed by atoms with Crippen molar-refractivity contribution < 1.29 is 27.8 Å². The Morgan fingerprint density at radius 2 is 1.96 bits per heavy atom. The van der Waals surface area contributed by atoms with Crippen LogP contribution in [-0.4, -0.2) is 65.0 Å². The molecule has 0 aliphatic carbocycles. The van der Waals surface area contributed by atoms with Crippen molar-refractivity contribution in [3.05, 3.63) is 40.7 Å². The summed E-state index contributed by atoms with van der Waals surface area (Å²) >= 11 is 0.854. The van der Waals surface area contributed by atoms with Crippen molar-refractivity contribution >= 4 is 49.4 Å². The maximum atomic E-state index is 16.8. The molecule has 3 aromatic heterocycles. The molecule has 0 unspecified atom stereocenters. The molecule has 0 spiro atoms. The third kappa shape index (κ3) is 5.65. The van der Waals surface area contributed by atoms with Gasteiger partial charge < -0.3 is 24.4 Å². The summed E-state index contributed by atoms with van der Waals surface area (Å²) in [7, 11) is 1.66. The van der Waals surface area contributed by atoms with Crippen molar-refractivity contribution in [2.75, 3.05) is 30.4 Å². The van der Waals surface area contributed by atoms with Crippen LogP contribution in [-0.2, 0) is 27.4 Å². The van der Waals surface area contributed by atoms with E-state index in [4.69, 9.17) is 14.2 Å². The lowest BCUT2D eigenvalue weighted by Crippen LogP contribution is -2.43. The molecule has 236 valence electrons. The van der Waals surface area contributed by atoms with Crippen LogP contribution >= 0.6 is 11.3 Å². The zero-order chi connectivity index (χ0) is 32.2. The van der Waals surface area contributed by atoms with Gasteiger partial charge in [0, 0.05) is 48.8 Å². The third-order valence-electron chi connectivity index (χ3n) is 7.72. The monoisotopic (exact) mass is 637 g/mol. The molecule has 0 radical (unpaired) electrons. The Hall–Kier alpha value is -4.03. The van der Waals surface area contributed by atoms with Crippen LogP contribution in [0.25, 0.3) is 32.2 Å². The van der Waals surface area contributed by atoms with E-state index in [1.54, 1.807) is 34.1 Å². The molecule has 11 nitrogen and oxygen atoms in total. The Kier molecular flexibility index (Phi) is 8.07. The molecule has 45 heavy (non-hydrogen) atoms. The minimum Gasteiger partial charge on any atom is -0.444 e. The van der Waals surface area contributed by atoms with Gasteiger partial charge in [-0.15, -0.1) is 11.3 Å². The summed E-state index contributed by atoms with van der Waals surface area (Å²) in [5.74, 6) is -1.05. The first-order valence-corrected chi connectivity index (χ1v) is 15.3. The molecule has 4 aromatic rings. The van der Waals surface area contributed by atoms with E-state index in [2.05, 4.69) is 45.5 Å². The molecule has 5 heterocycles. The first-order chi connectivity index (χ1) is 21.4. The number of carbonyl (C=O) groups is 1. The van der Waals surface area contributed by atoms with Crippen LogP contribution in [0.5, 0.6) is 0 Å².